The van der Waals surface area contributed by atoms with E-state index in [2.05, 4.69) is 31.2 Å². The predicted octanol–water partition coefficient (Wildman–Crippen LogP) is 3.85. The molecule has 0 aliphatic heterocycles. The third-order valence-corrected chi connectivity index (χ3v) is 3.22. The van der Waals surface area contributed by atoms with E-state index >= 15 is 0 Å². The minimum absolute atomic E-state index is 0.0346. The number of aryl methyl sites for hydroxylation is 1. The Bertz CT molecular complexity index is 517. The van der Waals surface area contributed by atoms with Gasteiger partial charge in [-0.1, -0.05) is 43.3 Å². The molecule has 0 unspecified atom stereocenters. The van der Waals surface area contributed by atoms with Gasteiger partial charge < -0.3 is 10.5 Å². The smallest absolute Gasteiger partial charge is 0.120 e. The maximum Gasteiger partial charge on any atom is 0.120 e. The summed E-state index contributed by atoms with van der Waals surface area (Å²) in [7, 11) is 0. The van der Waals surface area contributed by atoms with E-state index in [0.29, 0.717) is 6.61 Å². The Morgan fingerprint density at radius 1 is 1.05 bits per heavy atom. The van der Waals surface area contributed by atoms with Crippen molar-refractivity contribution < 1.29 is 4.74 Å². The Hall–Kier alpha value is -1.80. The van der Waals surface area contributed by atoms with Gasteiger partial charge >= 0.3 is 0 Å². The number of rotatable bonds is 5. The van der Waals surface area contributed by atoms with Crippen LogP contribution in [-0.2, 0) is 13.0 Å². The van der Waals surface area contributed by atoms with E-state index in [9.17, 15) is 0 Å². The molecule has 0 radical (unpaired) electrons. The lowest BCUT2D eigenvalue weighted by molar-refractivity contribution is 0.305. The first kappa shape index (κ1) is 13.6. The fraction of sp³-hybridized carbons (Fsp3) is 0.294. The monoisotopic (exact) mass is 255 g/mol. The molecule has 19 heavy (non-hydrogen) atoms. The van der Waals surface area contributed by atoms with Crippen molar-refractivity contribution in [2.45, 2.75) is 32.9 Å². The largest absolute Gasteiger partial charge is 0.489 e. The fourth-order valence-electron chi connectivity index (χ4n) is 1.93. The third kappa shape index (κ3) is 3.83. The fourth-order valence-corrected chi connectivity index (χ4v) is 1.93. The summed E-state index contributed by atoms with van der Waals surface area (Å²) < 4.78 is 5.80. The molecule has 0 saturated heterocycles. The molecule has 0 fully saturated rings. The highest BCUT2D eigenvalue weighted by molar-refractivity contribution is 5.30. The van der Waals surface area contributed by atoms with E-state index in [-0.39, 0.29) is 6.04 Å². The van der Waals surface area contributed by atoms with Crippen LogP contribution in [0.1, 0.15) is 36.6 Å². The van der Waals surface area contributed by atoms with Gasteiger partial charge in [0.25, 0.3) is 0 Å². The first-order valence-electron chi connectivity index (χ1n) is 6.75. The molecular formula is C17H21NO. The Balaban J connectivity index is 1.99. The lowest BCUT2D eigenvalue weighted by atomic mass is 10.1. The highest BCUT2D eigenvalue weighted by Crippen LogP contribution is 2.18. The van der Waals surface area contributed by atoms with Gasteiger partial charge in [0.05, 0.1) is 0 Å². The molecule has 2 aromatic rings. The van der Waals surface area contributed by atoms with Crippen molar-refractivity contribution in [1.29, 1.82) is 0 Å². The SMILES string of the molecule is CCc1ccc(COc2cccc([C@H](C)N)c2)cc1. The maximum atomic E-state index is 5.87. The van der Waals surface area contributed by atoms with Crippen LogP contribution in [0.3, 0.4) is 0 Å². The quantitative estimate of drug-likeness (QED) is 0.880. The van der Waals surface area contributed by atoms with Gasteiger partial charge in [-0.15, -0.1) is 0 Å². The number of hydrogen-bond acceptors (Lipinski definition) is 2. The zero-order chi connectivity index (χ0) is 13.7. The first-order valence-corrected chi connectivity index (χ1v) is 6.75. The number of ether oxygens (including phenoxy) is 1. The van der Waals surface area contributed by atoms with Crippen LogP contribution in [-0.4, -0.2) is 0 Å². The molecule has 1 atom stereocenters. The van der Waals surface area contributed by atoms with Crippen LogP contribution >= 0.6 is 0 Å². The lowest BCUT2D eigenvalue weighted by Gasteiger charge is -2.10. The minimum atomic E-state index is 0.0346. The van der Waals surface area contributed by atoms with Gasteiger partial charge in [-0.25, -0.2) is 0 Å². The standard InChI is InChI=1S/C17H21NO/c1-3-14-7-9-15(10-8-14)12-19-17-6-4-5-16(11-17)13(2)18/h4-11,13H,3,12,18H2,1-2H3/t13-/m0/s1. The number of nitrogens with two attached hydrogens (primary N) is 1. The first-order chi connectivity index (χ1) is 9.19. The molecule has 0 aromatic heterocycles. The summed E-state index contributed by atoms with van der Waals surface area (Å²) in [5.74, 6) is 0.870. The number of benzene rings is 2. The van der Waals surface area contributed by atoms with Gasteiger partial charge in [0.1, 0.15) is 12.4 Å². The molecule has 0 saturated carbocycles. The summed E-state index contributed by atoms with van der Waals surface area (Å²) in [6.45, 7) is 4.72. The van der Waals surface area contributed by atoms with Crippen molar-refractivity contribution in [3.63, 3.8) is 0 Å². The molecular weight excluding hydrogens is 234 g/mol. The summed E-state index contributed by atoms with van der Waals surface area (Å²) in [4.78, 5) is 0. The van der Waals surface area contributed by atoms with E-state index < -0.39 is 0 Å². The van der Waals surface area contributed by atoms with Crippen molar-refractivity contribution >= 4 is 0 Å². The van der Waals surface area contributed by atoms with Crippen molar-refractivity contribution in [2.75, 3.05) is 0 Å². The lowest BCUT2D eigenvalue weighted by Crippen LogP contribution is -2.05. The Labute approximate surface area is 115 Å². The summed E-state index contributed by atoms with van der Waals surface area (Å²) in [5, 5.41) is 0. The maximum absolute atomic E-state index is 5.87. The molecule has 2 aromatic carbocycles. The Morgan fingerprint density at radius 2 is 1.74 bits per heavy atom. The molecule has 0 amide bonds. The van der Waals surface area contributed by atoms with E-state index in [1.807, 2.05) is 31.2 Å². The average molecular weight is 255 g/mol. The van der Waals surface area contributed by atoms with Crippen LogP contribution in [0.25, 0.3) is 0 Å². The molecule has 2 heteroatoms. The van der Waals surface area contributed by atoms with E-state index in [1.165, 1.54) is 11.1 Å². The van der Waals surface area contributed by atoms with Gasteiger partial charge in [-0.05, 0) is 42.2 Å². The Morgan fingerprint density at radius 3 is 2.37 bits per heavy atom. The van der Waals surface area contributed by atoms with E-state index in [0.717, 1.165) is 17.7 Å². The van der Waals surface area contributed by atoms with Crippen LogP contribution in [0, 0.1) is 0 Å². The van der Waals surface area contributed by atoms with Crippen LogP contribution < -0.4 is 10.5 Å². The molecule has 0 heterocycles. The van der Waals surface area contributed by atoms with Crippen molar-refractivity contribution in [1.82, 2.24) is 0 Å². The Kier molecular flexibility index (Phi) is 4.58. The van der Waals surface area contributed by atoms with Crippen molar-refractivity contribution in [2.24, 2.45) is 5.73 Å². The minimum Gasteiger partial charge on any atom is -0.489 e. The second-order valence-corrected chi connectivity index (χ2v) is 4.82. The third-order valence-electron chi connectivity index (χ3n) is 3.22. The average Bonchev–Trinajstić information content (AvgIpc) is 2.46. The topological polar surface area (TPSA) is 35.2 Å². The zero-order valence-corrected chi connectivity index (χ0v) is 11.6. The highest BCUT2D eigenvalue weighted by atomic mass is 16.5. The van der Waals surface area contributed by atoms with Gasteiger partial charge in [-0.3, -0.25) is 0 Å². The molecule has 0 aliphatic rings. The number of hydrogen-bond donors (Lipinski definition) is 1. The zero-order valence-electron chi connectivity index (χ0n) is 11.6. The van der Waals surface area contributed by atoms with Gasteiger partial charge in [0, 0.05) is 6.04 Å². The molecule has 2 rings (SSSR count). The summed E-state index contributed by atoms with van der Waals surface area (Å²) in [6.07, 6.45) is 1.07. The van der Waals surface area contributed by atoms with Gasteiger partial charge in [0.2, 0.25) is 0 Å². The van der Waals surface area contributed by atoms with Crippen molar-refractivity contribution in [3.8, 4) is 5.75 Å². The molecule has 0 aliphatic carbocycles. The molecule has 2 nitrogen and oxygen atoms in total. The second kappa shape index (κ2) is 6.39. The van der Waals surface area contributed by atoms with Gasteiger partial charge in [-0.2, -0.15) is 0 Å². The second-order valence-electron chi connectivity index (χ2n) is 4.82. The molecule has 2 N–H and O–H groups in total. The van der Waals surface area contributed by atoms with Crippen LogP contribution in [0.4, 0.5) is 0 Å². The summed E-state index contributed by atoms with van der Waals surface area (Å²) in [6, 6.07) is 16.5. The summed E-state index contributed by atoms with van der Waals surface area (Å²) >= 11 is 0. The van der Waals surface area contributed by atoms with Crippen molar-refractivity contribution in [3.05, 3.63) is 65.2 Å². The summed E-state index contributed by atoms with van der Waals surface area (Å²) in [5.41, 5.74) is 9.50. The van der Waals surface area contributed by atoms with Crippen LogP contribution in [0.5, 0.6) is 5.75 Å². The van der Waals surface area contributed by atoms with Crippen LogP contribution in [0.2, 0.25) is 0 Å². The highest BCUT2D eigenvalue weighted by Gasteiger charge is 2.01. The van der Waals surface area contributed by atoms with Gasteiger partial charge in [0.15, 0.2) is 0 Å². The molecule has 0 spiro atoms. The van der Waals surface area contributed by atoms with E-state index in [4.69, 9.17) is 10.5 Å². The predicted molar refractivity (Wildman–Crippen MR) is 79.2 cm³/mol. The molecule has 100 valence electrons. The van der Waals surface area contributed by atoms with E-state index in [1.54, 1.807) is 0 Å². The normalized spacial score (nSPS) is 12.2. The van der Waals surface area contributed by atoms with Crippen LogP contribution in [0.15, 0.2) is 48.5 Å². The molecule has 0 bridgehead atoms.